The first kappa shape index (κ1) is 25.1. The molecule has 2 amide bonds. The number of amides is 2. The molecule has 1 atom stereocenters. The summed E-state index contributed by atoms with van der Waals surface area (Å²) in [5.74, 6) is 0.788. The molecule has 3 heterocycles. The van der Waals surface area contributed by atoms with Crippen molar-refractivity contribution < 1.29 is 19.0 Å². The molecule has 10 nitrogen and oxygen atoms in total. The number of hydrogen-bond donors (Lipinski definition) is 3. The number of anilines is 3. The highest BCUT2D eigenvalue weighted by atomic mass is 16.7. The third-order valence-electron chi connectivity index (χ3n) is 6.09. The summed E-state index contributed by atoms with van der Waals surface area (Å²) in [6, 6.07) is 18.8. The van der Waals surface area contributed by atoms with Gasteiger partial charge in [-0.2, -0.15) is 10.4 Å². The van der Waals surface area contributed by atoms with E-state index >= 15 is 0 Å². The van der Waals surface area contributed by atoms with Crippen molar-refractivity contribution in [1.82, 2.24) is 14.9 Å². The Morgan fingerprint density at radius 2 is 1.92 bits per heavy atom. The number of benzene rings is 2. The van der Waals surface area contributed by atoms with Gasteiger partial charge in [0.25, 0.3) is 0 Å². The van der Waals surface area contributed by atoms with E-state index in [4.69, 9.17) is 14.2 Å². The molecule has 1 fully saturated rings. The van der Waals surface area contributed by atoms with Crippen LogP contribution < -0.4 is 20.7 Å². The first-order valence-electron chi connectivity index (χ1n) is 12.2. The van der Waals surface area contributed by atoms with Crippen molar-refractivity contribution in [2.45, 2.75) is 32.7 Å². The van der Waals surface area contributed by atoms with Crippen molar-refractivity contribution in [2.75, 3.05) is 23.8 Å². The van der Waals surface area contributed by atoms with Crippen molar-refractivity contribution in [3.63, 3.8) is 0 Å². The fraction of sp³-hybridized carbons (Fsp3) is 0.250. The number of urea groups is 1. The first-order valence-corrected chi connectivity index (χ1v) is 12.2. The predicted octanol–water partition coefficient (Wildman–Crippen LogP) is 5.32. The lowest BCUT2D eigenvalue weighted by molar-refractivity contribution is -0.137. The van der Waals surface area contributed by atoms with Crippen molar-refractivity contribution in [2.24, 2.45) is 0 Å². The second kappa shape index (κ2) is 10.4. The molecule has 1 unspecified atom stereocenters. The molecule has 1 saturated heterocycles. The number of nitrogens with zero attached hydrogens (tertiary/aromatic N) is 3. The maximum atomic E-state index is 12.6. The molecular formula is C28H28N6O4. The van der Waals surface area contributed by atoms with Gasteiger partial charge in [-0.1, -0.05) is 18.2 Å². The Morgan fingerprint density at radius 1 is 1.18 bits per heavy atom. The van der Waals surface area contributed by atoms with Crippen LogP contribution in [0.15, 0.2) is 67.0 Å². The Hall–Kier alpha value is -4.59. The second-order valence-electron chi connectivity index (χ2n) is 9.36. The van der Waals surface area contributed by atoms with E-state index in [1.165, 1.54) is 6.20 Å². The summed E-state index contributed by atoms with van der Waals surface area (Å²) >= 11 is 0. The van der Waals surface area contributed by atoms with Crippen LogP contribution in [-0.2, 0) is 9.47 Å². The van der Waals surface area contributed by atoms with Gasteiger partial charge in [0.05, 0.1) is 41.5 Å². The molecular weight excluding hydrogens is 484 g/mol. The zero-order valence-corrected chi connectivity index (χ0v) is 21.3. The lowest BCUT2D eigenvalue weighted by Gasteiger charge is -2.17. The van der Waals surface area contributed by atoms with Crippen molar-refractivity contribution in [1.29, 1.82) is 5.26 Å². The minimum Gasteiger partial charge on any atom is -0.457 e. The van der Waals surface area contributed by atoms with Gasteiger partial charge in [-0.15, -0.1) is 0 Å². The summed E-state index contributed by atoms with van der Waals surface area (Å²) in [5.41, 5.74) is 3.74. The van der Waals surface area contributed by atoms with Crippen molar-refractivity contribution in [3.05, 3.63) is 78.1 Å². The van der Waals surface area contributed by atoms with E-state index in [9.17, 15) is 10.1 Å². The fourth-order valence-electron chi connectivity index (χ4n) is 4.24. The molecule has 2 aromatic heterocycles. The van der Waals surface area contributed by atoms with Crippen LogP contribution in [0.2, 0.25) is 0 Å². The minimum atomic E-state index is -0.651. The fourth-order valence-corrected chi connectivity index (χ4v) is 4.24. The van der Waals surface area contributed by atoms with E-state index < -0.39 is 5.79 Å². The largest absolute Gasteiger partial charge is 0.457 e. The van der Waals surface area contributed by atoms with Gasteiger partial charge in [-0.3, -0.25) is 0 Å². The number of aryl methyl sites for hydroxylation is 1. The summed E-state index contributed by atoms with van der Waals surface area (Å²) in [7, 11) is 0. The third kappa shape index (κ3) is 5.54. The Labute approximate surface area is 220 Å². The molecule has 5 rings (SSSR count). The van der Waals surface area contributed by atoms with Crippen molar-refractivity contribution in [3.8, 4) is 17.6 Å². The second-order valence-corrected chi connectivity index (χ2v) is 9.36. The summed E-state index contributed by atoms with van der Waals surface area (Å²) in [4.78, 5) is 12.6. The number of nitrogens with one attached hydrogen (secondary N) is 3. The number of rotatable bonds is 7. The molecule has 1 aliphatic heterocycles. The normalized spacial score (nSPS) is 16.1. The maximum Gasteiger partial charge on any atom is 0.319 e. The third-order valence-corrected chi connectivity index (χ3v) is 6.09. The lowest BCUT2D eigenvalue weighted by atomic mass is 10.1. The SMILES string of the molecule is Cc1c(NC(=O)NCC2COC(C)(C)O2)cn2ncc(C#N)c(Nc3ccc(Oc4ccccc4)cc3)c12. The van der Waals surface area contributed by atoms with Crippen LogP contribution in [0.1, 0.15) is 25.0 Å². The van der Waals surface area contributed by atoms with E-state index in [1.54, 1.807) is 10.7 Å². The van der Waals surface area contributed by atoms with Crippen LogP contribution in [0.3, 0.4) is 0 Å². The van der Waals surface area contributed by atoms with Crippen LogP contribution in [0, 0.1) is 18.3 Å². The van der Waals surface area contributed by atoms with Gasteiger partial charge in [0.2, 0.25) is 0 Å². The summed E-state index contributed by atoms with van der Waals surface area (Å²) in [6.45, 7) is 6.27. The molecule has 0 bridgehead atoms. The predicted molar refractivity (Wildman–Crippen MR) is 143 cm³/mol. The van der Waals surface area contributed by atoms with Crippen LogP contribution >= 0.6 is 0 Å². The summed E-state index contributed by atoms with van der Waals surface area (Å²) in [5, 5.41) is 23.1. The molecule has 0 radical (unpaired) electrons. The van der Waals surface area contributed by atoms with E-state index in [2.05, 4.69) is 27.1 Å². The van der Waals surface area contributed by atoms with E-state index in [1.807, 2.05) is 75.4 Å². The number of carbonyl (C=O) groups excluding carboxylic acids is 1. The van der Waals surface area contributed by atoms with Gasteiger partial charge < -0.3 is 30.2 Å². The summed E-state index contributed by atoms with van der Waals surface area (Å²) < 4.78 is 18.8. The highest BCUT2D eigenvalue weighted by Crippen LogP contribution is 2.33. The van der Waals surface area contributed by atoms with Gasteiger partial charge >= 0.3 is 6.03 Å². The van der Waals surface area contributed by atoms with Gasteiger partial charge in [0, 0.05) is 17.8 Å². The van der Waals surface area contributed by atoms with Gasteiger partial charge in [0.1, 0.15) is 23.7 Å². The smallest absolute Gasteiger partial charge is 0.319 e. The van der Waals surface area contributed by atoms with Crippen LogP contribution in [0.25, 0.3) is 5.52 Å². The van der Waals surface area contributed by atoms with E-state index in [0.717, 1.165) is 17.0 Å². The Kier molecular flexibility index (Phi) is 6.87. The number of para-hydroxylation sites is 1. The molecule has 0 spiro atoms. The molecule has 38 heavy (non-hydrogen) atoms. The van der Waals surface area contributed by atoms with Crippen LogP contribution in [0.4, 0.5) is 21.9 Å². The van der Waals surface area contributed by atoms with Gasteiger partial charge in [-0.25, -0.2) is 9.31 Å². The van der Waals surface area contributed by atoms with E-state index in [-0.39, 0.29) is 12.1 Å². The maximum absolute atomic E-state index is 12.6. The number of carbonyl (C=O) groups is 1. The lowest BCUT2D eigenvalue weighted by Crippen LogP contribution is -2.37. The number of hydrogen-bond acceptors (Lipinski definition) is 7. The van der Waals surface area contributed by atoms with Crippen molar-refractivity contribution >= 4 is 28.6 Å². The molecule has 0 saturated carbocycles. The zero-order valence-electron chi connectivity index (χ0n) is 21.3. The zero-order chi connectivity index (χ0) is 26.7. The number of ether oxygens (including phenoxy) is 3. The van der Waals surface area contributed by atoms with Gasteiger partial charge in [-0.05, 0) is 57.2 Å². The highest BCUT2D eigenvalue weighted by molar-refractivity contribution is 5.94. The van der Waals surface area contributed by atoms with E-state index in [0.29, 0.717) is 41.4 Å². The Morgan fingerprint density at radius 3 is 2.61 bits per heavy atom. The minimum absolute atomic E-state index is 0.218. The molecule has 10 heteroatoms. The Bertz CT molecular complexity index is 1490. The topological polar surface area (TPSA) is 122 Å². The first-order chi connectivity index (χ1) is 18.3. The average molecular weight is 513 g/mol. The monoisotopic (exact) mass is 512 g/mol. The number of fused-ring (bicyclic) bond motifs is 1. The molecule has 194 valence electrons. The molecule has 2 aromatic carbocycles. The molecule has 4 aromatic rings. The Balaban J connectivity index is 1.32. The quantitative estimate of drug-likeness (QED) is 0.306. The number of aromatic nitrogens is 2. The van der Waals surface area contributed by atoms with Crippen LogP contribution in [0.5, 0.6) is 11.5 Å². The highest BCUT2D eigenvalue weighted by Gasteiger charge is 2.32. The average Bonchev–Trinajstić information content (AvgIpc) is 3.42. The van der Waals surface area contributed by atoms with Gasteiger partial charge in [0.15, 0.2) is 5.79 Å². The standard InChI is InChI=1S/C28H28N6O4/c1-18-24(33-27(35)30-15-23-17-36-28(2,3)38-23)16-34-26(18)25(19(13-29)14-31-34)32-20-9-11-22(12-10-20)37-21-7-5-4-6-8-21/h4-12,14,16,23,32H,15,17H2,1-3H3,(H2,30,33,35). The molecule has 3 N–H and O–H groups in total. The van der Waals surface area contributed by atoms with Crippen LogP contribution in [-0.4, -0.2) is 40.7 Å². The molecule has 1 aliphatic rings. The summed E-state index contributed by atoms with van der Waals surface area (Å²) in [6.07, 6.45) is 2.99. The molecule has 0 aliphatic carbocycles. The number of nitriles is 1.